The number of hydrogen-bond donors (Lipinski definition) is 1. The number of nitrogens with zero attached hydrogens (tertiary/aromatic N) is 1. The highest BCUT2D eigenvalue weighted by atomic mass is 16.5. The average molecular weight is 279 g/mol. The molecule has 1 heterocycles. The molecule has 1 aliphatic rings. The molecule has 0 spiro atoms. The third-order valence-electron chi connectivity index (χ3n) is 1.99. The average Bonchev–Trinajstić information content (AvgIpc) is 2.71. The monoisotopic (exact) mass is 279 g/mol. The molecule has 0 unspecified atom stereocenters. The van der Waals surface area contributed by atoms with Gasteiger partial charge in [-0.3, -0.25) is 0 Å². The Bertz CT molecular complexity index is 397. The van der Waals surface area contributed by atoms with Crippen LogP contribution in [-0.4, -0.2) is 28.8 Å². The van der Waals surface area contributed by atoms with Crippen LogP contribution in [0.15, 0.2) is 35.3 Å². The number of ether oxygens (including phenoxy) is 1. The van der Waals surface area contributed by atoms with Crippen molar-refractivity contribution in [3.05, 3.63) is 35.9 Å². The quantitative estimate of drug-likeness (QED) is 0.842. The first-order chi connectivity index (χ1) is 9.17. The normalized spacial score (nSPS) is 15.9. The van der Waals surface area contributed by atoms with E-state index in [9.17, 15) is 0 Å². The molecule has 1 aromatic rings. The van der Waals surface area contributed by atoms with E-state index in [1.54, 1.807) is 20.8 Å². The van der Waals surface area contributed by atoms with Gasteiger partial charge >= 0.3 is 0 Å². The third kappa shape index (κ3) is 8.70. The van der Waals surface area contributed by atoms with Crippen LogP contribution in [0.25, 0.3) is 0 Å². The lowest BCUT2D eigenvalue weighted by atomic mass is 10.1. The number of benzene rings is 1. The molecule has 1 N–H and O–H groups in total. The number of rotatable bonds is 1. The molecular formula is C17H29NO2. The maximum Gasteiger partial charge on any atom is 0.216 e. The molecule has 0 fully saturated rings. The van der Waals surface area contributed by atoms with Crippen LogP contribution in [-0.2, 0) is 4.74 Å². The summed E-state index contributed by atoms with van der Waals surface area (Å²) in [5.74, 6) is 0.769. The van der Waals surface area contributed by atoms with Crippen LogP contribution in [0.3, 0.4) is 0 Å². The second-order valence-corrected chi connectivity index (χ2v) is 6.05. The zero-order chi connectivity index (χ0) is 15.8. The first-order valence-corrected chi connectivity index (χ1v) is 7.18. The lowest BCUT2D eigenvalue weighted by molar-refractivity contribution is 0.102. The summed E-state index contributed by atoms with van der Waals surface area (Å²) in [6, 6.07) is 10.0. The summed E-state index contributed by atoms with van der Waals surface area (Å²) in [7, 11) is 0. The molecule has 0 aliphatic carbocycles. The Hall–Kier alpha value is -1.35. The summed E-state index contributed by atoms with van der Waals surface area (Å²) in [5, 5.41) is 8.52. The van der Waals surface area contributed by atoms with Gasteiger partial charge in [0.1, 0.15) is 6.61 Å². The van der Waals surface area contributed by atoms with Gasteiger partial charge in [-0.15, -0.1) is 0 Å². The van der Waals surface area contributed by atoms with E-state index in [2.05, 4.69) is 18.8 Å². The summed E-state index contributed by atoms with van der Waals surface area (Å²) in [4.78, 5) is 4.49. The Morgan fingerprint density at radius 2 is 1.55 bits per heavy atom. The Labute approximate surface area is 123 Å². The van der Waals surface area contributed by atoms with Crippen LogP contribution < -0.4 is 0 Å². The summed E-state index contributed by atoms with van der Waals surface area (Å²) in [5.41, 5.74) is 0.499. The molecule has 20 heavy (non-hydrogen) atoms. The highest BCUT2D eigenvalue weighted by Crippen LogP contribution is 2.20. The predicted octanol–water partition coefficient (Wildman–Crippen LogP) is 4.05. The fourth-order valence-electron chi connectivity index (χ4n) is 1.31. The van der Waals surface area contributed by atoms with Crippen molar-refractivity contribution in [2.75, 3.05) is 6.61 Å². The van der Waals surface area contributed by atoms with Gasteiger partial charge < -0.3 is 9.84 Å². The maximum absolute atomic E-state index is 8.52. The van der Waals surface area contributed by atoms with Crippen molar-refractivity contribution in [2.45, 2.75) is 59.6 Å². The Morgan fingerprint density at radius 3 is 1.90 bits per heavy atom. The standard InChI is InChI=1S/C11H13NO.C4H10O.C2H6/c1-11(2)8-13-10(12-11)9-6-4-3-5-7-9;1-4(2,3)5;1-2/h3-7H,8H2,1-2H3;5H,1-3H3;1-2H3. The molecule has 3 heteroatoms. The zero-order valence-corrected chi connectivity index (χ0v) is 13.9. The van der Waals surface area contributed by atoms with E-state index < -0.39 is 5.60 Å². The SMILES string of the molecule is CC.CC(C)(C)O.CC1(C)COC(c2ccccc2)=N1. The van der Waals surface area contributed by atoms with Gasteiger partial charge in [-0.05, 0) is 46.8 Å². The maximum atomic E-state index is 8.52. The van der Waals surface area contributed by atoms with Gasteiger partial charge in [-0.1, -0.05) is 32.0 Å². The second-order valence-electron chi connectivity index (χ2n) is 6.05. The van der Waals surface area contributed by atoms with Gasteiger partial charge in [0.05, 0.1) is 11.1 Å². The minimum atomic E-state index is -0.500. The van der Waals surface area contributed by atoms with Crippen LogP contribution in [0.2, 0.25) is 0 Å². The minimum absolute atomic E-state index is 0.0643. The molecule has 0 saturated heterocycles. The lowest BCUT2D eigenvalue weighted by Gasteiger charge is -2.07. The van der Waals surface area contributed by atoms with Crippen molar-refractivity contribution in [3.63, 3.8) is 0 Å². The van der Waals surface area contributed by atoms with Crippen molar-refractivity contribution >= 4 is 5.90 Å². The van der Waals surface area contributed by atoms with Gasteiger partial charge in [0.15, 0.2) is 0 Å². The molecule has 0 radical (unpaired) electrons. The van der Waals surface area contributed by atoms with E-state index in [0.29, 0.717) is 6.61 Å². The third-order valence-corrected chi connectivity index (χ3v) is 1.99. The molecule has 1 aliphatic heterocycles. The first-order valence-electron chi connectivity index (χ1n) is 7.18. The van der Waals surface area contributed by atoms with Crippen LogP contribution in [0.4, 0.5) is 0 Å². The molecule has 0 aromatic heterocycles. The molecule has 0 amide bonds. The van der Waals surface area contributed by atoms with Crippen LogP contribution >= 0.6 is 0 Å². The Balaban J connectivity index is 0.000000441. The summed E-state index contributed by atoms with van der Waals surface area (Å²) < 4.78 is 5.50. The minimum Gasteiger partial charge on any atom is -0.475 e. The second kappa shape index (κ2) is 8.05. The summed E-state index contributed by atoms with van der Waals surface area (Å²) in [6.07, 6.45) is 0. The highest BCUT2D eigenvalue weighted by molar-refractivity contribution is 5.95. The largest absolute Gasteiger partial charge is 0.475 e. The van der Waals surface area contributed by atoms with Gasteiger partial charge in [0, 0.05) is 5.56 Å². The smallest absolute Gasteiger partial charge is 0.216 e. The molecule has 0 saturated carbocycles. The van der Waals surface area contributed by atoms with Gasteiger partial charge in [-0.25, -0.2) is 4.99 Å². The van der Waals surface area contributed by atoms with Crippen molar-refractivity contribution < 1.29 is 9.84 Å². The van der Waals surface area contributed by atoms with Crippen LogP contribution in [0.1, 0.15) is 54.0 Å². The highest BCUT2D eigenvalue weighted by Gasteiger charge is 2.26. The molecule has 0 bridgehead atoms. The van der Waals surface area contributed by atoms with Crippen molar-refractivity contribution in [2.24, 2.45) is 4.99 Å². The molecule has 114 valence electrons. The van der Waals surface area contributed by atoms with Gasteiger partial charge in [-0.2, -0.15) is 0 Å². The van der Waals surface area contributed by atoms with E-state index in [1.807, 2.05) is 44.2 Å². The Kier molecular flexibility index (Phi) is 7.51. The molecule has 1 aromatic carbocycles. The Morgan fingerprint density at radius 1 is 1.10 bits per heavy atom. The zero-order valence-electron chi connectivity index (χ0n) is 13.9. The number of aliphatic hydroxyl groups is 1. The molecule has 0 atom stereocenters. The fourth-order valence-corrected chi connectivity index (χ4v) is 1.31. The van der Waals surface area contributed by atoms with Crippen LogP contribution in [0.5, 0.6) is 0 Å². The summed E-state index contributed by atoms with van der Waals surface area (Å²) >= 11 is 0. The summed E-state index contributed by atoms with van der Waals surface area (Å²) in [6.45, 7) is 14.1. The van der Waals surface area contributed by atoms with E-state index in [-0.39, 0.29) is 5.54 Å². The first kappa shape index (κ1) is 18.7. The van der Waals surface area contributed by atoms with E-state index >= 15 is 0 Å². The topological polar surface area (TPSA) is 41.8 Å². The van der Waals surface area contributed by atoms with Crippen molar-refractivity contribution in [1.29, 1.82) is 0 Å². The van der Waals surface area contributed by atoms with E-state index in [4.69, 9.17) is 9.84 Å². The number of aliphatic imine (C=N–C) groups is 1. The van der Waals surface area contributed by atoms with Crippen LogP contribution in [0, 0.1) is 0 Å². The van der Waals surface area contributed by atoms with Crippen molar-refractivity contribution in [1.82, 2.24) is 0 Å². The lowest BCUT2D eigenvalue weighted by Crippen LogP contribution is -2.17. The van der Waals surface area contributed by atoms with Gasteiger partial charge in [0.25, 0.3) is 0 Å². The number of hydrogen-bond acceptors (Lipinski definition) is 3. The molecule has 3 nitrogen and oxygen atoms in total. The molecular weight excluding hydrogens is 250 g/mol. The van der Waals surface area contributed by atoms with Gasteiger partial charge in [0.2, 0.25) is 5.90 Å². The van der Waals surface area contributed by atoms with E-state index in [1.165, 1.54) is 0 Å². The van der Waals surface area contributed by atoms with E-state index in [0.717, 1.165) is 11.5 Å². The predicted molar refractivity (Wildman–Crippen MR) is 86.3 cm³/mol. The molecule has 2 rings (SSSR count). The fraction of sp³-hybridized carbons (Fsp3) is 0.588. The van der Waals surface area contributed by atoms with Crippen molar-refractivity contribution in [3.8, 4) is 0 Å².